The van der Waals surface area contributed by atoms with Crippen LogP contribution in [0.5, 0.6) is 0 Å². The van der Waals surface area contributed by atoms with E-state index in [9.17, 15) is 31.1 Å². The zero-order valence-corrected chi connectivity index (χ0v) is 21.3. The van der Waals surface area contributed by atoms with E-state index in [1.54, 1.807) is 6.20 Å². The molecule has 0 aromatic carbocycles. The number of hydrogen-bond donors (Lipinski definition) is 2. The molecule has 0 saturated heterocycles. The molecule has 2 aromatic rings. The lowest BCUT2D eigenvalue weighted by Gasteiger charge is -2.39. The number of carbonyl (C=O) groups is 1. The van der Waals surface area contributed by atoms with Crippen LogP contribution in [0.25, 0.3) is 11.1 Å². The van der Waals surface area contributed by atoms with Gasteiger partial charge < -0.3 is 10.1 Å². The summed E-state index contributed by atoms with van der Waals surface area (Å²) >= 11 is 1.17. The summed E-state index contributed by atoms with van der Waals surface area (Å²) in [5.41, 5.74) is -3.72. The number of hydrogen-bond acceptors (Lipinski definition) is 7. The van der Waals surface area contributed by atoms with Gasteiger partial charge in [-0.05, 0) is 54.2 Å². The van der Waals surface area contributed by atoms with Gasteiger partial charge in [0.1, 0.15) is 16.9 Å². The third-order valence-electron chi connectivity index (χ3n) is 6.51. The van der Waals surface area contributed by atoms with Crippen LogP contribution < -0.4 is 5.32 Å². The van der Waals surface area contributed by atoms with Gasteiger partial charge in [0.2, 0.25) is 5.82 Å². The maximum absolute atomic E-state index is 15.0. The van der Waals surface area contributed by atoms with Crippen LogP contribution in [-0.4, -0.2) is 62.2 Å². The summed E-state index contributed by atoms with van der Waals surface area (Å²) in [6.07, 6.45) is -6.69. The average molecular weight is 591 g/mol. The van der Waals surface area contributed by atoms with Gasteiger partial charge in [-0.3, -0.25) is 4.79 Å². The van der Waals surface area contributed by atoms with E-state index >= 15 is 4.39 Å². The lowest BCUT2D eigenvalue weighted by atomic mass is 9.81. The number of carbonyl (C=O) groups excluding carboxylic acids is 1. The standard InChI is InChI=1S/C24H21F7N6O2S/c25-16-8-14(39-7-1-6-23(26,27)28)5-4-13(16)9-22(24(29,30)31)10-15(21-32-11-17(40-21)12-2-3-12)18(20(38)33-22)19-34-36-37-35-19/h4-5,8-9,11-12,16H,1-3,6-7,10H2,(H,33,38)(H,34,35,36,37). The third kappa shape index (κ3) is 5.95. The molecule has 2 aromatic heterocycles. The van der Waals surface area contributed by atoms with Crippen molar-refractivity contribution in [1.82, 2.24) is 30.9 Å². The van der Waals surface area contributed by atoms with Gasteiger partial charge in [0.25, 0.3) is 5.91 Å². The summed E-state index contributed by atoms with van der Waals surface area (Å²) in [5.74, 6) is -1.20. The Morgan fingerprint density at radius 3 is 2.58 bits per heavy atom. The number of aromatic nitrogens is 5. The molecular formula is C24H21F7N6O2S. The molecule has 0 spiro atoms. The first-order valence-corrected chi connectivity index (χ1v) is 13.0. The van der Waals surface area contributed by atoms with Gasteiger partial charge in [-0.25, -0.2) is 9.37 Å². The fourth-order valence-corrected chi connectivity index (χ4v) is 5.49. The molecule has 2 atom stereocenters. The van der Waals surface area contributed by atoms with Gasteiger partial charge in [0.05, 0.1) is 12.2 Å². The molecule has 16 heteroatoms. The minimum absolute atomic E-state index is 0.0596. The van der Waals surface area contributed by atoms with Crippen LogP contribution >= 0.6 is 11.3 Å². The van der Waals surface area contributed by atoms with Crippen molar-refractivity contribution in [2.75, 3.05) is 6.61 Å². The molecule has 1 aliphatic heterocycles. The normalized spacial score (nSPS) is 24.9. The van der Waals surface area contributed by atoms with Gasteiger partial charge in [-0.1, -0.05) is 6.08 Å². The molecule has 1 amide bonds. The fraction of sp³-hybridized carbons (Fsp3) is 0.458. The first-order chi connectivity index (χ1) is 18.9. The van der Waals surface area contributed by atoms with E-state index in [1.807, 2.05) is 5.32 Å². The van der Waals surface area contributed by atoms with E-state index in [4.69, 9.17) is 4.74 Å². The summed E-state index contributed by atoms with van der Waals surface area (Å²) in [6.45, 7) is -0.354. The quantitative estimate of drug-likeness (QED) is 0.318. The zero-order chi connectivity index (χ0) is 28.7. The van der Waals surface area contributed by atoms with Crippen LogP contribution in [-0.2, 0) is 9.53 Å². The number of nitrogens with one attached hydrogen (secondary N) is 2. The molecule has 2 N–H and O–H groups in total. The molecule has 2 unspecified atom stereocenters. The summed E-state index contributed by atoms with van der Waals surface area (Å²) in [7, 11) is 0. The topological polar surface area (TPSA) is 106 Å². The minimum Gasteiger partial charge on any atom is -0.494 e. The monoisotopic (exact) mass is 590 g/mol. The molecule has 3 aliphatic rings. The highest BCUT2D eigenvalue weighted by Gasteiger charge is 2.58. The maximum Gasteiger partial charge on any atom is 0.415 e. The predicted octanol–water partition coefficient (Wildman–Crippen LogP) is 5.34. The molecule has 40 heavy (non-hydrogen) atoms. The Kier molecular flexibility index (Phi) is 7.31. The SMILES string of the molecule is O=C1NC(C=C2C=CC(OCCCC(F)(F)F)=CC2F)(C(F)(F)F)CC(c2ncc(C3CC3)s2)=C1c1nn[nH]n1. The highest BCUT2D eigenvalue weighted by molar-refractivity contribution is 7.13. The number of aromatic amines is 1. The Morgan fingerprint density at radius 2 is 1.95 bits per heavy atom. The highest BCUT2D eigenvalue weighted by Crippen LogP contribution is 2.48. The van der Waals surface area contributed by atoms with Gasteiger partial charge >= 0.3 is 12.4 Å². The van der Waals surface area contributed by atoms with Crippen LogP contribution in [0.1, 0.15) is 53.7 Å². The van der Waals surface area contributed by atoms with E-state index in [2.05, 4.69) is 25.6 Å². The van der Waals surface area contributed by atoms with E-state index in [0.29, 0.717) is 6.08 Å². The Bertz CT molecular complexity index is 1390. The lowest BCUT2D eigenvalue weighted by molar-refractivity contribution is -0.183. The smallest absolute Gasteiger partial charge is 0.415 e. The zero-order valence-electron chi connectivity index (χ0n) is 20.4. The Balaban J connectivity index is 1.46. The number of alkyl halides is 7. The molecule has 5 rings (SSSR count). The summed E-state index contributed by atoms with van der Waals surface area (Å²) in [5, 5.41) is 15.3. The first kappa shape index (κ1) is 28.0. The van der Waals surface area contributed by atoms with Crippen LogP contribution in [0.15, 0.2) is 41.8 Å². The summed E-state index contributed by atoms with van der Waals surface area (Å²) in [4.78, 5) is 18.4. The molecule has 0 radical (unpaired) electrons. The average Bonchev–Trinajstić information content (AvgIpc) is 3.34. The first-order valence-electron chi connectivity index (χ1n) is 12.1. The number of rotatable bonds is 8. The number of H-pyrrole nitrogens is 1. The summed E-state index contributed by atoms with van der Waals surface area (Å²) < 4.78 is 101. The second kappa shape index (κ2) is 10.4. The van der Waals surface area contributed by atoms with Gasteiger partial charge in [0.15, 0.2) is 5.54 Å². The molecule has 3 heterocycles. The summed E-state index contributed by atoms with van der Waals surface area (Å²) in [6, 6.07) is 0. The van der Waals surface area contributed by atoms with Crippen molar-refractivity contribution in [1.29, 1.82) is 0 Å². The van der Waals surface area contributed by atoms with Crippen LogP contribution in [0.4, 0.5) is 30.7 Å². The minimum atomic E-state index is -5.06. The molecule has 1 fully saturated rings. The number of ether oxygens (including phenoxy) is 1. The van der Waals surface area contributed by atoms with Gasteiger partial charge in [-0.15, -0.1) is 21.5 Å². The maximum atomic E-state index is 15.0. The number of nitrogens with zero attached hydrogens (tertiary/aromatic N) is 4. The second-order valence-corrected chi connectivity index (χ2v) is 10.6. The number of allylic oxidation sites excluding steroid dienone is 4. The molecule has 0 bridgehead atoms. The number of halogens is 7. The molecule has 214 valence electrons. The number of amides is 1. The van der Waals surface area contributed by atoms with Crippen molar-refractivity contribution in [3.63, 3.8) is 0 Å². The fourth-order valence-electron chi connectivity index (χ4n) is 4.36. The highest BCUT2D eigenvalue weighted by atomic mass is 32.1. The van der Waals surface area contributed by atoms with Gasteiger partial charge in [0, 0.05) is 29.5 Å². The van der Waals surface area contributed by atoms with E-state index in [1.165, 1.54) is 11.3 Å². The van der Waals surface area contributed by atoms with E-state index in [0.717, 1.165) is 35.9 Å². The van der Waals surface area contributed by atoms with Crippen molar-refractivity contribution in [2.45, 2.75) is 62.1 Å². The van der Waals surface area contributed by atoms with Crippen molar-refractivity contribution in [2.24, 2.45) is 0 Å². The van der Waals surface area contributed by atoms with Gasteiger partial charge in [-0.2, -0.15) is 31.6 Å². The van der Waals surface area contributed by atoms with E-state index in [-0.39, 0.29) is 46.7 Å². The van der Waals surface area contributed by atoms with Crippen LogP contribution in [0.3, 0.4) is 0 Å². The van der Waals surface area contributed by atoms with Crippen molar-refractivity contribution >= 4 is 28.4 Å². The van der Waals surface area contributed by atoms with Crippen molar-refractivity contribution in [3.05, 3.63) is 57.5 Å². The molecule has 8 nitrogen and oxygen atoms in total. The largest absolute Gasteiger partial charge is 0.494 e. The number of thiazole rings is 1. The second-order valence-electron chi connectivity index (χ2n) is 9.55. The Labute approximate surface area is 226 Å². The molecule has 1 saturated carbocycles. The number of tetrazole rings is 1. The Morgan fingerprint density at radius 1 is 1.18 bits per heavy atom. The lowest BCUT2D eigenvalue weighted by Crippen LogP contribution is -2.60. The predicted molar refractivity (Wildman–Crippen MR) is 128 cm³/mol. The molecular weight excluding hydrogens is 569 g/mol. The van der Waals surface area contributed by atoms with Crippen molar-refractivity contribution < 1.29 is 40.3 Å². The Hall–Kier alpha value is -3.56. The third-order valence-corrected chi connectivity index (χ3v) is 7.73. The van der Waals surface area contributed by atoms with Crippen LogP contribution in [0.2, 0.25) is 0 Å². The van der Waals surface area contributed by atoms with E-state index < -0.39 is 48.4 Å². The van der Waals surface area contributed by atoms with Crippen LogP contribution in [0, 0.1) is 0 Å². The van der Waals surface area contributed by atoms with Crippen molar-refractivity contribution in [3.8, 4) is 0 Å². The molecule has 2 aliphatic carbocycles.